The lowest BCUT2D eigenvalue weighted by Crippen LogP contribution is -2.25. The highest BCUT2D eigenvalue weighted by Crippen LogP contribution is 2.20. The smallest absolute Gasteiger partial charge is 0.257 e. The molecule has 3 aromatic rings. The van der Waals surface area contributed by atoms with Crippen molar-refractivity contribution < 1.29 is 9.59 Å². The molecule has 0 atom stereocenters. The van der Waals surface area contributed by atoms with Gasteiger partial charge in [0, 0.05) is 27.5 Å². The van der Waals surface area contributed by atoms with E-state index in [0.29, 0.717) is 28.4 Å². The fraction of sp³-hybridized carbons (Fsp3) is 0.0500. The number of nitrogens with zero attached hydrogens (tertiary/aromatic N) is 1. The van der Waals surface area contributed by atoms with E-state index >= 15 is 0 Å². The number of benzene rings is 2. The maximum absolute atomic E-state index is 12.7. The van der Waals surface area contributed by atoms with Crippen LogP contribution in [0.2, 0.25) is 5.02 Å². The molecule has 136 valence electrons. The molecule has 5 nitrogen and oxygen atoms in total. The second kappa shape index (κ2) is 8.96. The van der Waals surface area contributed by atoms with E-state index in [1.807, 2.05) is 18.2 Å². The lowest BCUT2D eigenvalue weighted by molar-refractivity contribution is 0.0951. The molecule has 1 heterocycles. The largest absolute Gasteiger partial charge is 0.348 e. The van der Waals surface area contributed by atoms with Crippen LogP contribution in [0, 0.1) is 3.57 Å². The lowest BCUT2D eigenvalue weighted by Gasteiger charge is -2.12. The van der Waals surface area contributed by atoms with E-state index in [1.165, 1.54) is 6.20 Å². The predicted molar refractivity (Wildman–Crippen MR) is 114 cm³/mol. The number of halogens is 2. The zero-order valence-corrected chi connectivity index (χ0v) is 17.0. The van der Waals surface area contributed by atoms with Gasteiger partial charge in [0.25, 0.3) is 11.8 Å². The van der Waals surface area contributed by atoms with E-state index < -0.39 is 0 Å². The number of nitrogens with one attached hydrogen (secondary N) is 2. The molecule has 2 N–H and O–H groups in total. The van der Waals surface area contributed by atoms with Gasteiger partial charge >= 0.3 is 0 Å². The summed E-state index contributed by atoms with van der Waals surface area (Å²) in [4.78, 5) is 29.0. The number of amides is 2. The molecule has 2 aromatic carbocycles. The topological polar surface area (TPSA) is 71.1 Å². The van der Waals surface area contributed by atoms with Crippen LogP contribution in [0.4, 0.5) is 5.69 Å². The van der Waals surface area contributed by atoms with Gasteiger partial charge in [0.15, 0.2) is 0 Å². The zero-order valence-electron chi connectivity index (χ0n) is 14.1. The van der Waals surface area contributed by atoms with Crippen molar-refractivity contribution in [3.05, 3.63) is 92.3 Å². The number of anilines is 1. The first-order valence-corrected chi connectivity index (χ1v) is 9.52. The van der Waals surface area contributed by atoms with Crippen molar-refractivity contribution in [1.82, 2.24) is 10.3 Å². The Morgan fingerprint density at radius 3 is 2.52 bits per heavy atom. The number of carbonyl (C=O) groups excluding carboxylic acids is 2. The van der Waals surface area contributed by atoms with E-state index in [1.54, 1.807) is 42.6 Å². The van der Waals surface area contributed by atoms with Gasteiger partial charge in [0.1, 0.15) is 0 Å². The normalized spacial score (nSPS) is 10.3. The third-order valence-electron chi connectivity index (χ3n) is 3.76. The van der Waals surface area contributed by atoms with Crippen molar-refractivity contribution >= 4 is 51.7 Å². The van der Waals surface area contributed by atoms with Crippen molar-refractivity contribution in [1.29, 1.82) is 0 Å². The zero-order chi connectivity index (χ0) is 19.2. The van der Waals surface area contributed by atoms with E-state index in [9.17, 15) is 9.59 Å². The number of aromatic nitrogens is 1. The highest BCUT2D eigenvalue weighted by molar-refractivity contribution is 14.1. The molecule has 0 aliphatic carbocycles. The molecule has 27 heavy (non-hydrogen) atoms. The summed E-state index contributed by atoms with van der Waals surface area (Å²) >= 11 is 8.00. The summed E-state index contributed by atoms with van der Waals surface area (Å²) in [5, 5.41) is 6.29. The van der Waals surface area contributed by atoms with Gasteiger partial charge in [0.2, 0.25) is 0 Å². The fourth-order valence-corrected chi connectivity index (χ4v) is 3.00. The summed E-state index contributed by atoms with van der Waals surface area (Å²) in [6, 6.07) is 15.9. The number of rotatable bonds is 5. The number of hydrogen-bond acceptors (Lipinski definition) is 3. The first kappa shape index (κ1) is 19.3. The Morgan fingerprint density at radius 1 is 1.04 bits per heavy atom. The molecule has 7 heteroatoms. The third-order valence-corrected chi connectivity index (χ3v) is 4.69. The van der Waals surface area contributed by atoms with E-state index in [2.05, 4.69) is 38.2 Å². The van der Waals surface area contributed by atoms with Crippen LogP contribution in [-0.2, 0) is 6.54 Å². The average molecular weight is 492 g/mol. The quantitative estimate of drug-likeness (QED) is 0.516. The maximum atomic E-state index is 12.7. The van der Waals surface area contributed by atoms with Gasteiger partial charge in [-0.25, -0.2) is 0 Å². The van der Waals surface area contributed by atoms with Crippen molar-refractivity contribution in [2.45, 2.75) is 6.54 Å². The fourth-order valence-electron chi connectivity index (χ4n) is 2.38. The van der Waals surface area contributed by atoms with Crippen LogP contribution in [0.3, 0.4) is 0 Å². The molecule has 0 saturated heterocycles. The van der Waals surface area contributed by atoms with Crippen LogP contribution in [0.1, 0.15) is 26.3 Å². The standard InChI is InChI=1S/C20H15ClIN3O2/c21-15-5-3-13(4-6-15)11-24-20(27)17-10-16(22)7-8-18(17)25-19(26)14-2-1-9-23-12-14/h1-10,12H,11H2,(H,24,27)(H,25,26). The molecule has 0 spiro atoms. The van der Waals surface area contributed by atoms with Gasteiger partial charge in [-0.3, -0.25) is 14.6 Å². The van der Waals surface area contributed by atoms with E-state index in [-0.39, 0.29) is 11.8 Å². The van der Waals surface area contributed by atoms with Gasteiger partial charge in [-0.1, -0.05) is 23.7 Å². The van der Waals surface area contributed by atoms with Crippen molar-refractivity contribution in [2.75, 3.05) is 5.32 Å². The lowest BCUT2D eigenvalue weighted by atomic mass is 10.1. The molecule has 2 amide bonds. The Bertz CT molecular complexity index is 963. The molecular formula is C20H15ClIN3O2. The minimum atomic E-state index is -0.323. The minimum absolute atomic E-state index is 0.273. The molecule has 0 radical (unpaired) electrons. The molecular weight excluding hydrogens is 477 g/mol. The molecule has 0 aliphatic heterocycles. The van der Waals surface area contributed by atoms with Gasteiger partial charge in [-0.05, 0) is 70.6 Å². The van der Waals surface area contributed by atoms with Crippen LogP contribution in [-0.4, -0.2) is 16.8 Å². The highest BCUT2D eigenvalue weighted by atomic mass is 127. The van der Waals surface area contributed by atoms with Gasteiger partial charge in [-0.2, -0.15) is 0 Å². The summed E-state index contributed by atoms with van der Waals surface area (Å²) in [6.45, 7) is 0.359. The number of carbonyl (C=O) groups is 2. The van der Waals surface area contributed by atoms with Gasteiger partial charge in [-0.15, -0.1) is 0 Å². The van der Waals surface area contributed by atoms with Gasteiger partial charge in [0.05, 0.1) is 16.8 Å². The van der Waals surface area contributed by atoms with E-state index in [4.69, 9.17) is 11.6 Å². The average Bonchev–Trinajstić information content (AvgIpc) is 2.69. The van der Waals surface area contributed by atoms with E-state index in [0.717, 1.165) is 9.13 Å². The van der Waals surface area contributed by atoms with Crippen molar-refractivity contribution in [2.24, 2.45) is 0 Å². The Kier molecular flexibility index (Phi) is 6.41. The molecule has 0 aliphatic rings. The molecule has 3 rings (SSSR count). The Hall–Kier alpha value is -2.45. The summed E-state index contributed by atoms with van der Waals surface area (Å²) < 4.78 is 0.892. The first-order chi connectivity index (χ1) is 13.0. The summed E-state index contributed by atoms with van der Waals surface area (Å²) in [7, 11) is 0. The van der Waals surface area contributed by atoms with Crippen LogP contribution in [0.15, 0.2) is 67.0 Å². The second-order valence-electron chi connectivity index (χ2n) is 5.69. The monoisotopic (exact) mass is 491 g/mol. The third kappa shape index (κ3) is 5.27. The van der Waals surface area contributed by atoms with Crippen LogP contribution >= 0.6 is 34.2 Å². The number of pyridine rings is 1. The summed E-state index contributed by atoms with van der Waals surface area (Å²) in [6.07, 6.45) is 3.07. The molecule has 0 bridgehead atoms. The summed E-state index contributed by atoms with van der Waals surface area (Å²) in [5.41, 5.74) is 2.19. The van der Waals surface area contributed by atoms with Gasteiger partial charge < -0.3 is 10.6 Å². The first-order valence-electron chi connectivity index (χ1n) is 8.06. The Balaban J connectivity index is 1.75. The highest BCUT2D eigenvalue weighted by Gasteiger charge is 2.15. The van der Waals surface area contributed by atoms with Crippen LogP contribution in [0.5, 0.6) is 0 Å². The Labute approximate surface area is 175 Å². The SMILES string of the molecule is O=C(Nc1ccc(I)cc1C(=O)NCc1ccc(Cl)cc1)c1cccnc1. The van der Waals surface area contributed by atoms with Crippen molar-refractivity contribution in [3.8, 4) is 0 Å². The second-order valence-corrected chi connectivity index (χ2v) is 7.38. The minimum Gasteiger partial charge on any atom is -0.348 e. The van der Waals surface area contributed by atoms with Crippen LogP contribution < -0.4 is 10.6 Å². The summed E-state index contributed by atoms with van der Waals surface area (Å²) in [5.74, 6) is -0.596. The van der Waals surface area contributed by atoms with Crippen molar-refractivity contribution in [3.63, 3.8) is 0 Å². The molecule has 0 saturated carbocycles. The molecule has 0 fully saturated rings. The number of hydrogen-bond donors (Lipinski definition) is 2. The van der Waals surface area contributed by atoms with Crippen LogP contribution in [0.25, 0.3) is 0 Å². The molecule has 1 aromatic heterocycles. The maximum Gasteiger partial charge on any atom is 0.257 e. The molecule has 0 unspecified atom stereocenters. The predicted octanol–water partition coefficient (Wildman–Crippen LogP) is 4.52. The Morgan fingerprint density at radius 2 is 1.81 bits per heavy atom.